The molecule has 20 heavy (non-hydrogen) atoms. The van der Waals surface area contributed by atoms with Gasteiger partial charge in [0.1, 0.15) is 0 Å². The van der Waals surface area contributed by atoms with Gasteiger partial charge in [0.2, 0.25) is 5.91 Å². The van der Waals surface area contributed by atoms with Gasteiger partial charge in [-0.1, -0.05) is 51.1 Å². The van der Waals surface area contributed by atoms with E-state index >= 15 is 0 Å². The van der Waals surface area contributed by atoms with Gasteiger partial charge in [-0.15, -0.1) is 0 Å². The van der Waals surface area contributed by atoms with Gasteiger partial charge in [0, 0.05) is 30.6 Å². The normalized spacial score (nSPS) is 23.7. The molecule has 0 aliphatic carbocycles. The largest absolute Gasteiger partial charge is 0.337 e. The number of nitrogens with one attached hydrogen (secondary N) is 1. The summed E-state index contributed by atoms with van der Waals surface area (Å²) in [7, 11) is 0. The second kappa shape index (κ2) is 5.96. The molecule has 0 radical (unpaired) electrons. The minimum atomic E-state index is -0.303. The lowest BCUT2D eigenvalue weighted by Gasteiger charge is -2.41. The Morgan fingerprint density at radius 1 is 1.30 bits per heavy atom. The van der Waals surface area contributed by atoms with E-state index < -0.39 is 0 Å². The van der Waals surface area contributed by atoms with Crippen molar-refractivity contribution in [2.45, 2.75) is 46.2 Å². The molecule has 3 nitrogen and oxygen atoms in total. The number of nitrogens with zero attached hydrogens (tertiary/aromatic N) is 1. The third kappa shape index (κ3) is 3.60. The maximum atomic E-state index is 12.5. The zero-order valence-corrected chi connectivity index (χ0v) is 13.0. The minimum absolute atomic E-state index is 0.254. The number of amides is 1. The van der Waals surface area contributed by atoms with Crippen molar-refractivity contribution in [1.29, 1.82) is 0 Å². The van der Waals surface area contributed by atoms with Crippen molar-refractivity contribution < 1.29 is 4.79 Å². The van der Waals surface area contributed by atoms with Crippen LogP contribution >= 0.6 is 0 Å². The van der Waals surface area contributed by atoms with Gasteiger partial charge in [-0.3, -0.25) is 4.79 Å². The third-order valence-corrected chi connectivity index (χ3v) is 3.88. The van der Waals surface area contributed by atoms with Crippen LogP contribution in [-0.2, 0) is 11.2 Å². The standard InChI is InChI=1S/C17H26N2O/c1-13-11-18-15(10-14-8-6-5-7-9-14)12-19(13)16(20)17(2,3)4/h5-9,13,15,18H,10-12H2,1-4H3. The van der Waals surface area contributed by atoms with Crippen LogP contribution in [0.5, 0.6) is 0 Å². The summed E-state index contributed by atoms with van der Waals surface area (Å²) < 4.78 is 0. The fourth-order valence-corrected chi connectivity index (χ4v) is 2.68. The first-order chi connectivity index (χ1) is 9.38. The molecule has 0 saturated carbocycles. The molecular formula is C17H26N2O. The van der Waals surface area contributed by atoms with E-state index in [1.807, 2.05) is 31.7 Å². The van der Waals surface area contributed by atoms with Crippen LogP contribution < -0.4 is 5.32 Å². The summed E-state index contributed by atoms with van der Waals surface area (Å²) in [5.74, 6) is 0.254. The highest BCUT2D eigenvalue weighted by atomic mass is 16.2. The number of hydrogen-bond acceptors (Lipinski definition) is 2. The van der Waals surface area contributed by atoms with Crippen LogP contribution in [0.3, 0.4) is 0 Å². The second-order valence-corrected chi connectivity index (χ2v) is 6.85. The van der Waals surface area contributed by atoms with Gasteiger partial charge in [0.05, 0.1) is 0 Å². The van der Waals surface area contributed by atoms with Crippen LogP contribution in [0, 0.1) is 5.41 Å². The molecule has 3 heteroatoms. The van der Waals surface area contributed by atoms with Crippen molar-refractivity contribution in [1.82, 2.24) is 10.2 Å². The SMILES string of the molecule is CC1CNC(Cc2ccccc2)CN1C(=O)C(C)(C)C. The van der Waals surface area contributed by atoms with Gasteiger partial charge in [-0.2, -0.15) is 0 Å². The van der Waals surface area contributed by atoms with Gasteiger partial charge in [-0.05, 0) is 18.9 Å². The molecule has 1 aromatic rings. The van der Waals surface area contributed by atoms with Crippen LogP contribution in [0.4, 0.5) is 0 Å². The van der Waals surface area contributed by atoms with Gasteiger partial charge < -0.3 is 10.2 Å². The lowest BCUT2D eigenvalue weighted by atomic mass is 9.92. The summed E-state index contributed by atoms with van der Waals surface area (Å²) in [5, 5.41) is 3.56. The van der Waals surface area contributed by atoms with Crippen molar-refractivity contribution in [3.63, 3.8) is 0 Å². The number of rotatable bonds is 2. The minimum Gasteiger partial charge on any atom is -0.337 e. The van der Waals surface area contributed by atoms with E-state index in [-0.39, 0.29) is 17.4 Å². The summed E-state index contributed by atoms with van der Waals surface area (Å²) in [5.41, 5.74) is 1.02. The number of piperazine rings is 1. The summed E-state index contributed by atoms with van der Waals surface area (Å²) in [6, 6.07) is 11.1. The molecule has 1 aliphatic rings. The van der Waals surface area contributed by atoms with Crippen LogP contribution in [0.1, 0.15) is 33.3 Å². The Morgan fingerprint density at radius 3 is 2.55 bits per heavy atom. The first-order valence-electron chi connectivity index (χ1n) is 7.46. The topological polar surface area (TPSA) is 32.3 Å². The molecule has 0 spiro atoms. The molecule has 110 valence electrons. The number of carbonyl (C=O) groups is 1. The monoisotopic (exact) mass is 274 g/mol. The summed E-state index contributed by atoms with van der Waals surface area (Å²) >= 11 is 0. The molecule has 1 saturated heterocycles. The van der Waals surface area contributed by atoms with E-state index in [1.54, 1.807) is 0 Å². The average molecular weight is 274 g/mol. The first-order valence-corrected chi connectivity index (χ1v) is 7.46. The summed E-state index contributed by atoms with van der Waals surface area (Å²) in [4.78, 5) is 14.6. The number of carbonyl (C=O) groups excluding carboxylic acids is 1. The Hall–Kier alpha value is -1.35. The molecule has 1 fully saturated rings. The number of hydrogen-bond donors (Lipinski definition) is 1. The highest BCUT2D eigenvalue weighted by Crippen LogP contribution is 2.21. The second-order valence-electron chi connectivity index (χ2n) is 6.85. The number of benzene rings is 1. The fourth-order valence-electron chi connectivity index (χ4n) is 2.68. The molecule has 0 bridgehead atoms. The molecule has 0 aromatic heterocycles. The van der Waals surface area contributed by atoms with Crippen molar-refractivity contribution in [3.8, 4) is 0 Å². The van der Waals surface area contributed by atoms with Crippen molar-refractivity contribution in [2.75, 3.05) is 13.1 Å². The molecule has 1 aromatic carbocycles. The van der Waals surface area contributed by atoms with Gasteiger partial charge in [0.25, 0.3) is 0 Å². The van der Waals surface area contributed by atoms with E-state index in [4.69, 9.17) is 0 Å². The smallest absolute Gasteiger partial charge is 0.228 e. The van der Waals surface area contributed by atoms with Crippen LogP contribution in [-0.4, -0.2) is 36.0 Å². The van der Waals surface area contributed by atoms with Crippen LogP contribution in [0.2, 0.25) is 0 Å². The average Bonchev–Trinajstić information content (AvgIpc) is 2.40. The summed E-state index contributed by atoms with van der Waals surface area (Å²) in [6.07, 6.45) is 0.974. The highest BCUT2D eigenvalue weighted by molar-refractivity contribution is 5.82. The van der Waals surface area contributed by atoms with Gasteiger partial charge in [-0.25, -0.2) is 0 Å². The Labute approximate surface area is 122 Å². The summed E-state index contributed by atoms with van der Waals surface area (Å²) in [6.45, 7) is 9.78. The van der Waals surface area contributed by atoms with E-state index in [0.29, 0.717) is 6.04 Å². The quantitative estimate of drug-likeness (QED) is 0.898. The zero-order chi connectivity index (χ0) is 14.8. The Balaban J connectivity index is 2.03. The third-order valence-electron chi connectivity index (χ3n) is 3.88. The van der Waals surface area contributed by atoms with Crippen LogP contribution in [0.25, 0.3) is 0 Å². The maximum absolute atomic E-state index is 12.5. The van der Waals surface area contributed by atoms with Crippen molar-refractivity contribution in [3.05, 3.63) is 35.9 Å². The Kier molecular flexibility index (Phi) is 4.48. The fraction of sp³-hybridized carbons (Fsp3) is 0.588. The molecule has 2 unspecified atom stereocenters. The molecule has 1 amide bonds. The maximum Gasteiger partial charge on any atom is 0.228 e. The molecule has 1 aliphatic heterocycles. The van der Waals surface area contributed by atoms with E-state index in [1.165, 1.54) is 5.56 Å². The molecular weight excluding hydrogens is 248 g/mol. The lowest BCUT2D eigenvalue weighted by Crippen LogP contribution is -2.59. The van der Waals surface area contributed by atoms with Crippen molar-refractivity contribution >= 4 is 5.91 Å². The highest BCUT2D eigenvalue weighted by Gasteiger charge is 2.34. The Morgan fingerprint density at radius 2 is 1.95 bits per heavy atom. The lowest BCUT2D eigenvalue weighted by molar-refractivity contribution is -0.143. The first kappa shape index (κ1) is 15.0. The predicted octanol–water partition coefficient (Wildman–Crippen LogP) is 2.46. The van der Waals surface area contributed by atoms with Gasteiger partial charge in [0.15, 0.2) is 0 Å². The zero-order valence-electron chi connectivity index (χ0n) is 13.0. The van der Waals surface area contributed by atoms with Crippen LogP contribution in [0.15, 0.2) is 30.3 Å². The molecule has 1 heterocycles. The molecule has 1 N–H and O–H groups in total. The Bertz CT molecular complexity index is 450. The van der Waals surface area contributed by atoms with E-state index in [9.17, 15) is 4.79 Å². The molecule has 2 atom stereocenters. The van der Waals surface area contributed by atoms with Gasteiger partial charge >= 0.3 is 0 Å². The van der Waals surface area contributed by atoms with E-state index in [0.717, 1.165) is 19.5 Å². The predicted molar refractivity (Wildman–Crippen MR) is 82.6 cm³/mol. The van der Waals surface area contributed by atoms with E-state index in [2.05, 4.69) is 36.5 Å². The van der Waals surface area contributed by atoms with Crippen molar-refractivity contribution in [2.24, 2.45) is 5.41 Å². The molecule has 2 rings (SSSR count).